The summed E-state index contributed by atoms with van der Waals surface area (Å²) in [7, 11) is -7.38. The van der Waals surface area contributed by atoms with Crippen LogP contribution in [0.5, 0.6) is 17.5 Å². The summed E-state index contributed by atoms with van der Waals surface area (Å²) in [4.78, 5) is 20.3. The lowest BCUT2D eigenvalue weighted by Gasteiger charge is -2.44. The van der Waals surface area contributed by atoms with Crippen molar-refractivity contribution in [2.45, 2.75) is 82.6 Å². The van der Waals surface area contributed by atoms with Gasteiger partial charge in [-0.05, 0) is 82.4 Å². The van der Waals surface area contributed by atoms with Crippen LogP contribution >= 0.6 is 0 Å². The number of anilines is 1. The van der Waals surface area contributed by atoms with Crippen LogP contribution in [-0.2, 0) is 44.1 Å². The van der Waals surface area contributed by atoms with Gasteiger partial charge in [-0.3, -0.25) is 8.74 Å². The van der Waals surface area contributed by atoms with Crippen molar-refractivity contribution in [3.05, 3.63) is 125 Å². The topological polar surface area (TPSA) is 203 Å². The van der Waals surface area contributed by atoms with Crippen LogP contribution in [0.1, 0.15) is 89.0 Å². The van der Waals surface area contributed by atoms with Gasteiger partial charge in [0.25, 0.3) is 20.2 Å². The van der Waals surface area contributed by atoms with Crippen molar-refractivity contribution in [3.63, 3.8) is 0 Å². The van der Waals surface area contributed by atoms with Gasteiger partial charge in [-0.2, -0.15) is 21.4 Å². The molecule has 4 aromatic rings. The average molecular weight is 1000 g/mol. The van der Waals surface area contributed by atoms with Gasteiger partial charge in [-0.1, -0.05) is 55.5 Å². The molecule has 0 bridgehead atoms. The Balaban J connectivity index is 1.30. The molecule has 0 saturated heterocycles. The Bertz CT molecular complexity index is 2970. The third-order valence-electron chi connectivity index (χ3n) is 12.8. The number of aromatic hydroxyl groups is 2. The molecule has 0 spiro atoms. The highest BCUT2D eigenvalue weighted by molar-refractivity contribution is 7.86. The SMILES string of the molecule is CCCOCCOCCN1c2cc3c(cc2C(C)=CC1(C)C)C(=CC=CC1=[N+](CCCS(=O)(=O)OC)c2ccc(S(=O)(=O)O)cc2C1(C)CCCC(=O)On1c(O)ccc1O)C=C(c1ccccc1)O3. The van der Waals surface area contributed by atoms with Crippen molar-refractivity contribution in [1.29, 1.82) is 0 Å². The number of carbonyl (C=O) groups is 1. The van der Waals surface area contributed by atoms with E-state index in [1.54, 1.807) is 6.07 Å². The van der Waals surface area contributed by atoms with E-state index in [-0.39, 0.29) is 48.4 Å². The Morgan fingerprint density at radius 2 is 1.60 bits per heavy atom. The fourth-order valence-corrected chi connectivity index (χ4v) is 10.5. The highest BCUT2D eigenvalue weighted by atomic mass is 32.2. The molecule has 70 heavy (non-hydrogen) atoms. The van der Waals surface area contributed by atoms with Crippen LogP contribution < -0.4 is 14.5 Å². The van der Waals surface area contributed by atoms with Crippen LogP contribution in [0.3, 0.4) is 0 Å². The summed E-state index contributed by atoms with van der Waals surface area (Å²) >= 11 is 0. The Labute approximate surface area is 410 Å². The van der Waals surface area contributed by atoms with Crippen LogP contribution in [0.25, 0.3) is 16.9 Å². The molecule has 374 valence electrons. The molecule has 4 heterocycles. The number of nitrogens with zero attached hydrogens (tertiary/aromatic N) is 3. The van der Waals surface area contributed by atoms with E-state index in [9.17, 15) is 36.4 Å². The van der Waals surface area contributed by atoms with E-state index in [1.165, 1.54) is 24.3 Å². The van der Waals surface area contributed by atoms with Crippen LogP contribution in [0, 0.1) is 0 Å². The van der Waals surface area contributed by atoms with Gasteiger partial charge in [-0.25, -0.2) is 4.79 Å². The smallest absolute Gasteiger partial charge is 0.333 e. The minimum atomic E-state index is -4.65. The van der Waals surface area contributed by atoms with E-state index in [1.807, 2.05) is 66.1 Å². The predicted octanol–water partition coefficient (Wildman–Crippen LogP) is 8.21. The van der Waals surface area contributed by atoms with Gasteiger partial charge in [0.1, 0.15) is 18.1 Å². The Morgan fingerprint density at radius 1 is 0.886 bits per heavy atom. The second-order valence-corrected chi connectivity index (χ2v) is 21.4. The van der Waals surface area contributed by atoms with Gasteiger partial charge in [0, 0.05) is 84.3 Å². The zero-order valence-corrected chi connectivity index (χ0v) is 42.0. The number of allylic oxidation sites excluding steroid dienone is 6. The molecule has 1 unspecified atom stereocenters. The maximum absolute atomic E-state index is 13.1. The molecule has 0 saturated carbocycles. The van der Waals surface area contributed by atoms with Crippen molar-refractivity contribution >= 4 is 60.2 Å². The first-order valence-electron chi connectivity index (χ1n) is 23.3. The lowest BCUT2D eigenvalue weighted by Crippen LogP contribution is -2.46. The molecule has 0 radical (unpaired) electrons. The molecule has 0 amide bonds. The van der Waals surface area contributed by atoms with E-state index < -0.39 is 43.4 Å². The second-order valence-electron chi connectivity index (χ2n) is 18.1. The van der Waals surface area contributed by atoms with Gasteiger partial charge < -0.3 is 34.2 Å². The van der Waals surface area contributed by atoms with Gasteiger partial charge >= 0.3 is 5.97 Å². The number of carbonyl (C=O) groups excluding carboxylic acids is 1. The minimum Gasteiger partial charge on any atom is -0.492 e. The summed E-state index contributed by atoms with van der Waals surface area (Å²) in [6.45, 7) is 13.5. The van der Waals surface area contributed by atoms with E-state index in [2.05, 4.69) is 50.8 Å². The number of hydrogen-bond acceptors (Lipinski definition) is 13. The number of benzene rings is 3. The Kier molecular flexibility index (Phi) is 15.9. The fourth-order valence-electron chi connectivity index (χ4n) is 9.35. The zero-order chi connectivity index (χ0) is 50.4. The second kappa shape index (κ2) is 21.5. The normalized spacial score (nSPS) is 18.1. The maximum Gasteiger partial charge on any atom is 0.333 e. The molecule has 0 fully saturated rings. The third-order valence-corrected chi connectivity index (χ3v) is 14.9. The van der Waals surface area contributed by atoms with Crippen molar-refractivity contribution in [3.8, 4) is 17.5 Å². The van der Waals surface area contributed by atoms with Crippen LogP contribution in [0.2, 0.25) is 0 Å². The lowest BCUT2D eigenvalue weighted by molar-refractivity contribution is -0.437. The first kappa shape index (κ1) is 51.8. The maximum atomic E-state index is 13.1. The predicted molar refractivity (Wildman–Crippen MR) is 268 cm³/mol. The molecular weight excluding hydrogens is 939 g/mol. The first-order valence-corrected chi connectivity index (χ1v) is 26.3. The summed E-state index contributed by atoms with van der Waals surface area (Å²) in [5.41, 5.74) is 6.13. The van der Waals surface area contributed by atoms with Crippen molar-refractivity contribution in [2.75, 3.05) is 57.3 Å². The Morgan fingerprint density at radius 3 is 2.29 bits per heavy atom. The van der Waals surface area contributed by atoms with Crippen molar-refractivity contribution < 1.29 is 64.2 Å². The van der Waals surface area contributed by atoms with Crippen LogP contribution in [0.15, 0.2) is 108 Å². The number of hydrogen-bond donors (Lipinski definition) is 3. The van der Waals surface area contributed by atoms with Crippen molar-refractivity contribution in [2.24, 2.45) is 0 Å². The Hall–Kier alpha value is -6.02. The standard InChI is InChI=1S/C52H61N3O13S2/c1-7-26-65-28-29-66-27-25-54-44-34-46-41(33-40(44)36(2)35-51(54,3)4)38(31-45(67-46)37-14-9-8-10-15-37)16-11-17-47-52(5,23-12-18-50(58)68-55-48(56)21-22-49(55)57)42-32-39(70(61,62)63)19-20-43(42)53(47)24-13-30-69(59,60)64-6/h8-11,14-17,19-22,31-35H,7,12-13,18,23-30H2,1-6H3,(H2-,56,57,61,62,63)/p+1. The van der Waals surface area contributed by atoms with E-state index in [0.717, 1.165) is 47.1 Å². The molecule has 16 nitrogen and oxygen atoms in total. The number of ether oxygens (including phenoxy) is 3. The summed E-state index contributed by atoms with van der Waals surface area (Å²) in [6.07, 6.45) is 11.4. The summed E-state index contributed by atoms with van der Waals surface area (Å²) in [5, 5.41) is 20.1. The number of fused-ring (bicyclic) bond motifs is 3. The number of rotatable bonds is 22. The van der Waals surface area contributed by atoms with Gasteiger partial charge in [0.15, 0.2) is 5.71 Å². The highest BCUT2D eigenvalue weighted by Gasteiger charge is 2.48. The van der Waals surface area contributed by atoms with Crippen LogP contribution in [-0.4, -0.2) is 111 Å². The quantitative estimate of drug-likeness (QED) is 0.0294. The van der Waals surface area contributed by atoms with E-state index in [4.69, 9.17) is 23.2 Å². The average Bonchev–Trinajstić information content (AvgIpc) is 3.75. The number of aromatic nitrogens is 1. The van der Waals surface area contributed by atoms with Gasteiger partial charge in [0.2, 0.25) is 17.4 Å². The lowest BCUT2D eigenvalue weighted by atomic mass is 9.75. The van der Waals surface area contributed by atoms with E-state index in [0.29, 0.717) is 66.2 Å². The molecule has 3 aliphatic rings. The highest BCUT2D eigenvalue weighted by Crippen LogP contribution is 2.48. The van der Waals surface area contributed by atoms with Crippen LogP contribution in [0.4, 0.5) is 11.4 Å². The molecule has 1 aromatic heterocycles. The van der Waals surface area contributed by atoms with Gasteiger partial charge in [-0.15, -0.1) is 4.73 Å². The molecular formula is C52H62N3O13S2+. The summed E-state index contributed by atoms with van der Waals surface area (Å²) in [5.74, 6) is -0.697. The zero-order valence-electron chi connectivity index (χ0n) is 40.4. The minimum absolute atomic E-state index is 0.138. The van der Waals surface area contributed by atoms with Gasteiger partial charge in [0.05, 0.1) is 48.5 Å². The van der Waals surface area contributed by atoms with Crippen molar-refractivity contribution in [1.82, 2.24) is 4.73 Å². The molecule has 0 aliphatic carbocycles. The summed E-state index contributed by atoms with van der Waals surface area (Å²) in [6, 6.07) is 20.6. The fraction of sp³-hybridized carbons (Fsp3) is 0.385. The molecule has 7 rings (SSSR count). The molecule has 3 aromatic carbocycles. The third kappa shape index (κ3) is 11.6. The molecule has 3 aliphatic heterocycles. The molecule has 3 N–H and O–H groups in total. The molecule has 18 heteroatoms. The first-order chi connectivity index (χ1) is 33.3. The summed E-state index contributed by atoms with van der Waals surface area (Å²) < 4.78 is 86.0. The monoisotopic (exact) mass is 1000 g/mol. The molecule has 1 atom stereocenters. The largest absolute Gasteiger partial charge is 0.492 e. The van der Waals surface area contributed by atoms with E-state index >= 15 is 0 Å².